The van der Waals surface area contributed by atoms with Crippen molar-refractivity contribution in [2.24, 2.45) is 5.92 Å². The molecule has 1 saturated heterocycles. The molecule has 1 aromatic heterocycles. The van der Waals surface area contributed by atoms with Gasteiger partial charge >= 0.3 is 0 Å². The van der Waals surface area contributed by atoms with Crippen LogP contribution in [0.3, 0.4) is 0 Å². The predicted molar refractivity (Wildman–Crippen MR) is 108 cm³/mol. The predicted octanol–water partition coefficient (Wildman–Crippen LogP) is 3.35. The summed E-state index contributed by atoms with van der Waals surface area (Å²) in [5.41, 5.74) is 2.55. The van der Waals surface area contributed by atoms with E-state index in [9.17, 15) is 13.6 Å². The summed E-state index contributed by atoms with van der Waals surface area (Å²) in [4.78, 5) is 19.8. The molecular formula is C23H27F2N3O2. The number of amides is 1. The number of aromatic nitrogens is 1. The Morgan fingerprint density at radius 2 is 2.07 bits per heavy atom. The average molecular weight is 415 g/mol. The van der Waals surface area contributed by atoms with Gasteiger partial charge in [-0.25, -0.2) is 8.78 Å². The van der Waals surface area contributed by atoms with Gasteiger partial charge in [0.2, 0.25) is 5.91 Å². The van der Waals surface area contributed by atoms with Gasteiger partial charge in [0.05, 0.1) is 18.6 Å². The number of hydrogen-bond donors (Lipinski definition) is 1. The number of carbonyl (C=O) groups excluding carboxylic acids is 1. The Bertz CT molecular complexity index is 904. The molecule has 0 spiro atoms. The fraction of sp³-hybridized carbons (Fsp3) is 0.478. The van der Waals surface area contributed by atoms with Gasteiger partial charge in [-0.3, -0.25) is 9.78 Å². The molecule has 7 heteroatoms. The van der Waals surface area contributed by atoms with Crippen molar-refractivity contribution in [1.82, 2.24) is 15.2 Å². The van der Waals surface area contributed by atoms with Crippen LogP contribution in [-0.4, -0.2) is 41.0 Å². The van der Waals surface area contributed by atoms with E-state index in [1.807, 2.05) is 24.0 Å². The van der Waals surface area contributed by atoms with E-state index in [1.165, 1.54) is 6.07 Å². The van der Waals surface area contributed by atoms with Gasteiger partial charge in [0.15, 0.2) is 11.6 Å². The Hall–Kier alpha value is -2.38. The highest BCUT2D eigenvalue weighted by Gasteiger charge is 2.40. The second-order valence-electron chi connectivity index (χ2n) is 8.14. The zero-order valence-electron chi connectivity index (χ0n) is 17.1. The Labute approximate surface area is 175 Å². The van der Waals surface area contributed by atoms with Crippen molar-refractivity contribution in [3.05, 3.63) is 65.0 Å². The first-order valence-electron chi connectivity index (χ1n) is 10.5. The van der Waals surface area contributed by atoms with Gasteiger partial charge in [0, 0.05) is 31.0 Å². The van der Waals surface area contributed by atoms with Crippen LogP contribution in [0.15, 0.2) is 36.5 Å². The van der Waals surface area contributed by atoms with Gasteiger partial charge in [0.1, 0.15) is 0 Å². The zero-order valence-corrected chi connectivity index (χ0v) is 17.1. The highest BCUT2D eigenvalue weighted by Crippen LogP contribution is 2.32. The number of carbonyl (C=O) groups is 1. The van der Waals surface area contributed by atoms with Crippen LogP contribution in [0.5, 0.6) is 0 Å². The average Bonchev–Trinajstić information content (AvgIpc) is 3.59. The maximum absolute atomic E-state index is 13.5. The fourth-order valence-electron chi connectivity index (χ4n) is 3.97. The molecule has 2 unspecified atom stereocenters. The third kappa shape index (κ3) is 4.84. The van der Waals surface area contributed by atoms with Crippen molar-refractivity contribution in [2.45, 2.75) is 51.5 Å². The van der Waals surface area contributed by atoms with E-state index < -0.39 is 11.6 Å². The van der Waals surface area contributed by atoms with Crippen molar-refractivity contribution in [3.63, 3.8) is 0 Å². The van der Waals surface area contributed by atoms with Crippen LogP contribution in [0.4, 0.5) is 8.78 Å². The minimum atomic E-state index is -0.888. The fourth-order valence-corrected chi connectivity index (χ4v) is 3.97. The Morgan fingerprint density at radius 1 is 1.23 bits per heavy atom. The SMILES string of the molecule is Cc1ncccc1CN(C(=O)C1CNCCC1OCc1ccc(F)c(F)c1)C1CC1. The first-order valence-corrected chi connectivity index (χ1v) is 10.5. The number of pyridine rings is 1. The van der Waals surface area contributed by atoms with Crippen LogP contribution in [0.2, 0.25) is 0 Å². The van der Waals surface area contributed by atoms with Crippen LogP contribution in [0, 0.1) is 24.5 Å². The number of benzene rings is 1. The molecule has 2 aromatic rings. The monoisotopic (exact) mass is 415 g/mol. The Kier molecular flexibility index (Phi) is 6.39. The molecule has 1 amide bonds. The van der Waals surface area contributed by atoms with Gasteiger partial charge in [-0.15, -0.1) is 0 Å². The largest absolute Gasteiger partial charge is 0.373 e. The molecule has 2 heterocycles. The lowest BCUT2D eigenvalue weighted by Crippen LogP contribution is -2.50. The van der Waals surface area contributed by atoms with E-state index in [-0.39, 0.29) is 30.6 Å². The molecule has 4 rings (SSSR count). The summed E-state index contributed by atoms with van der Waals surface area (Å²) in [5, 5.41) is 3.30. The minimum absolute atomic E-state index is 0.0863. The third-order valence-electron chi connectivity index (χ3n) is 5.91. The number of piperidine rings is 1. The quantitative estimate of drug-likeness (QED) is 0.754. The van der Waals surface area contributed by atoms with Gasteiger partial charge in [0.25, 0.3) is 0 Å². The highest BCUT2D eigenvalue weighted by atomic mass is 19.2. The molecule has 0 radical (unpaired) electrons. The van der Waals surface area contributed by atoms with E-state index in [2.05, 4.69) is 10.3 Å². The first-order chi connectivity index (χ1) is 14.5. The van der Waals surface area contributed by atoms with E-state index in [4.69, 9.17) is 4.74 Å². The van der Waals surface area contributed by atoms with Gasteiger partial charge in [-0.2, -0.15) is 0 Å². The van der Waals surface area contributed by atoms with E-state index in [1.54, 1.807) is 6.20 Å². The molecule has 30 heavy (non-hydrogen) atoms. The Morgan fingerprint density at radius 3 is 2.80 bits per heavy atom. The first kappa shape index (κ1) is 20.9. The van der Waals surface area contributed by atoms with E-state index >= 15 is 0 Å². The lowest BCUT2D eigenvalue weighted by Gasteiger charge is -2.35. The molecule has 2 fully saturated rings. The molecule has 2 atom stereocenters. The molecule has 1 aliphatic carbocycles. The summed E-state index contributed by atoms with van der Waals surface area (Å²) >= 11 is 0. The topological polar surface area (TPSA) is 54.5 Å². The van der Waals surface area contributed by atoms with Crippen LogP contribution in [0.1, 0.15) is 36.1 Å². The van der Waals surface area contributed by atoms with Crippen LogP contribution < -0.4 is 5.32 Å². The molecular weight excluding hydrogens is 388 g/mol. The summed E-state index contributed by atoms with van der Waals surface area (Å²) in [6.07, 6.45) is 4.24. The summed E-state index contributed by atoms with van der Waals surface area (Å²) in [5.74, 6) is -1.98. The van der Waals surface area contributed by atoms with E-state index in [0.29, 0.717) is 25.1 Å². The number of nitrogens with one attached hydrogen (secondary N) is 1. The molecule has 5 nitrogen and oxygen atoms in total. The number of hydrogen-bond acceptors (Lipinski definition) is 4. The second-order valence-corrected chi connectivity index (χ2v) is 8.14. The number of rotatable bonds is 7. The third-order valence-corrected chi connectivity index (χ3v) is 5.91. The molecule has 160 valence electrons. The van der Waals surface area contributed by atoms with E-state index in [0.717, 1.165) is 42.8 Å². The smallest absolute Gasteiger partial charge is 0.230 e. The zero-order chi connectivity index (χ0) is 21.1. The summed E-state index contributed by atoms with van der Waals surface area (Å²) in [7, 11) is 0. The van der Waals surface area contributed by atoms with Crippen molar-refractivity contribution < 1.29 is 18.3 Å². The van der Waals surface area contributed by atoms with Crippen LogP contribution in [-0.2, 0) is 22.7 Å². The minimum Gasteiger partial charge on any atom is -0.373 e. The number of nitrogens with zero attached hydrogens (tertiary/aromatic N) is 2. The molecule has 0 bridgehead atoms. The highest BCUT2D eigenvalue weighted by molar-refractivity contribution is 5.80. The van der Waals surface area contributed by atoms with Gasteiger partial charge in [-0.1, -0.05) is 12.1 Å². The van der Waals surface area contributed by atoms with Crippen molar-refractivity contribution in [1.29, 1.82) is 0 Å². The molecule has 1 aromatic carbocycles. The maximum atomic E-state index is 13.5. The Balaban J connectivity index is 1.45. The number of halogens is 2. The van der Waals surface area contributed by atoms with Crippen LogP contribution in [0.25, 0.3) is 0 Å². The molecule has 1 saturated carbocycles. The molecule has 2 aliphatic rings. The lowest BCUT2D eigenvalue weighted by molar-refractivity contribution is -0.144. The normalized spacial score (nSPS) is 21.4. The number of ether oxygens (including phenoxy) is 1. The number of aryl methyl sites for hydroxylation is 1. The van der Waals surface area contributed by atoms with Crippen LogP contribution >= 0.6 is 0 Å². The van der Waals surface area contributed by atoms with Crippen molar-refractivity contribution >= 4 is 5.91 Å². The van der Waals surface area contributed by atoms with Gasteiger partial charge < -0.3 is 15.0 Å². The summed E-state index contributed by atoms with van der Waals surface area (Å²) < 4.78 is 32.7. The second kappa shape index (κ2) is 9.18. The summed E-state index contributed by atoms with van der Waals surface area (Å²) in [6.45, 7) is 3.97. The van der Waals surface area contributed by atoms with Crippen molar-refractivity contribution in [3.8, 4) is 0 Å². The lowest BCUT2D eigenvalue weighted by atomic mass is 9.94. The van der Waals surface area contributed by atoms with Gasteiger partial charge in [-0.05, 0) is 62.1 Å². The van der Waals surface area contributed by atoms with Crippen molar-refractivity contribution in [2.75, 3.05) is 13.1 Å². The molecule has 1 N–H and O–H groups in total. The standard InChI is InChI=1S/C23H27F2N3O2/c1-15-17(3-2-9-27-15)13-28(18-5-6-18)23(29)19-12-26-10-8-22(19)30-14-16-4-7-20(24)21(25)11-16/h2-4,7,9,11,18-19,22,26H,5-6,8,10,12-14H2,1H3. The maximum Gasteiger partial charge on any atom is 0.230 e. The molecule has 1 aliphatic heterocycles. The summed E-state index contributed by atoms with van der Waals surface area (Å²) in [6, 6.07) is 7.94.